The number of hydrogen-bond acceptors (Lipinski definition) is 1. The SMILES string of the molecule is CC(C)Cc1ccc(CCC(C)c2cccc(C(=O)c3ccccc3)c2)cc1. The third-order valence-corrected chi connectivity index (χ3v) is 5.29. The van der Waals surface area contributed by atoms with Crippen LogP contribution in [0, 0.1) is 5.92 Å². The van der Waals surface area contributed by atoms with E-state index in [9.17, 15) is 4.79 Å². The van der Waals surface area contributed by atoms with Gasteiger partial charge in [-0.2, -0.15) is 0 Å². The first kappa shape index (κ1) is 20.1. The number of aryl methyl sites for hydroxylation is 1. The topological polar surface area (TPSA) is 17.1 Å². The molecule has 0 saturated heterocycles. The van der Waals surface area contributed by atoms with Crippen LogP contribution in [0.2, 0.25) is 0 Å². The lowest BCUT2D eigenvalue weighted by Gasteiger charge is -2.14. The van der Waals surface area contributed by atoms with Gasteiger partial charge in [0.2, 0.25) is 0 Å². The molecular weight excluding hydrogens is 340 g/mol. The summed E-state index contributed by atoms with van der Waals surface area (Å²) in [7, 11) is 0. The third-order valence-electron chi connectivity index (χ3n) is 5.29. The van der Waals surface area contributed by atoms with E-state index in [0.717, 1.165) is 30.4 Å². The van der Waals surface area contributed by atoms with Crippen LogP contribution in [-0.4, -0.2) is 5.78 Å². The lowest BCUT2D eigenvalue weighted by molar-refractivity contribution is 0.103. The zero-order valence-corrected chi connectivity index (χ0v) is 17.2. The van der Waals surface area contributed by atoms with Crippen molar-refractivity contribution in [1.82, 2.24) is 0 Å². The summed E-state index contributed by atoms with van der Waals surface area (Å²) in [5.41, 5.74) is 5.55. The largest absolute Gasteiger partial charge is 0.289 e. The standard InChI is InChI=1S/C27H30O/c1-20(2)18-23-16-14-22(15-17-23)13-12-21(3)25-10-7-11-26(19-25)27(28)24-8-5-4-6-9-24/h4-11,14-17,19-21H,12-13,18H2,1-3H3. The van der Waals surface area contributed by atoms with Crippen LogP contribution >= 0.6 is 0 Å². The molecule has 0 bridgehead atoms. The molecule has 1 nitrogen and oxygen atoms in total. The molecule has 0 heterocycles. The van der Waals surface area contributed by atoms with Gasteiger partial charge in [-0.05, 0) is 53.9 Å². The van der Waals surface area contributed by atoms with E-state index in [1.54, 1.807) is 0 Å². The highest BCUT2D eigenvalue weighted by Crippen LogP contribution is 2.23. The summed E-state index contributed by atoms with van der Waals surface area (Å²) in [4.78, 5) is 12.7. The summed E-state index contributed by atoms with van der Waals surface area (Å²) < 4.78 is 0. The summed E-state index contributed by atoms with van der Waals surface area (Å²) in [5.74, 6) is 1.20. The Morgan fingerprint density at radius 3 is 2.07 bits per heavy atom. The first-order valence-corrected chi connectivity index (χ1v) is 10.3. The van der Waals surface area contributed by atoms with Crippen molar-refractivity contribution < 1.29 is 4.79 Å². The van der Waals surface area contributed by atoms with Crippen molar-refractivity contribution in [3.05, 3.63) is 107 Å². The van der Waals surface area contributed by atoms with E-state index < -0.39 is 0 Å². The second-order valence-electron chi connectivity index (χ2n) is 8.17. The molecule has 0 radical (unpaired) electrons. The maximum Gasteiger partial charge on any atom is 0.193 e. The van der Waals surface area contributed by atoms with Crippen molar-refractivity contribution in [3.8, 4) is 0 Å². The second kappa shape index (κ2) is 9.50. The summed E-state index contributed by atoms with van der Waals surface area (Å²) >= 11 is 0. The Kier molecular flexibility index (Phi) is 6.81. The Morgan fingerprint density at radius 2 is 1.39 bits per heavy atom. The van der Waals surface area contributed by atoms with Gasteiger partial charge < -0.3 is 0 Å². The van der Waals surface area contributed by atoms with Gasteiger partial charge >= 0.3 is 0 Å². The Labute approximate surface area is 169 Å². The smallest absolute Gasteiger partial charge is 0.193 e. The molecule has 0 aliphatic rings. The minimum Gasteiger partial charge on any atom is -0.289 e. The fourth-order valence-corrected chi connectivity index (χ4v) is 3.61. The van der Waals surface area contributed by atoms with Crippen LogP contribution in [0.3, 0.4) is 0 Å². The fraction of sp³-hybridized carbons (Fsp3) is 0.296. The summed E-state index contributed by atoms with van der Waals surface area (Å²) in [6.45, 7) is 6.76. The molecule has 3 aromatic rings. The zero-order chi connectivity index (χ0) is 19.9. The van der Waals surface area contributed by atoms with Gasteiger partial charge in [0.1, 0.15) is 0 Å². The van der Waals surface area contributed by atoms with Gasteiger partial charge in [0.15, 0.2) is 5.78 Å². The quantitative estimate of drug-likeness (QED) is 0.396. The van der Waals surface area contributed by atoms with E-state index in [1.807, 2.05) is 42.5 Å². The molecule has 0 saturated carbocycles. The fourth-order valence-electron chi connectivity index (χ4n) is 3.61. The maximum atomic E-state index is 12.7. The lowest BCUT2D eigenvalue weighted by atomic mass is 9.91. The lowest BCUT2D eigenvalue weighted by Crippen LogP contribution is -2.03. The molecule has 3 rings (SSSR count). The molecule has 0 amide bonds. The van der Waals surface area contributed by atoms with Crippen molar-refractivity contribution in [2.24, 2.45) is 5.92 Å². The van der Waals surface area contributed by atoms with Crippen molar-refractivity contribution in [2.45, 2.75) is 46.0 Å². The Bertz CT molecular complexity index is 891. The van der Waals surface area contributed by atoms with Gasteiger partial charge in [0, 0.05) is 11.1 Å². The minimum absolute atomic E-state index is 0.0930. The first-order valence-electron chi connectivity index (χ1n) is 10.3. The minimum atomic E-state index is 0.0930. The van der Waals surface area contributed by atoms with E-state index in [4.69, 9.17) is 0 Å². The molecule has 1 unspecified atom stereocenters. The highest BCUT2D eigenvalue weighted by atomic mass is 16.1. The van der Waals surface area contributed by atoms with Crippen LogP contribution in [0.15, 0.2) is 78.9 Å². The third kappa shape index (κ3) is 5.42. The molecule has 1 atom stereocenters. The van der Waals surface area contributed by atoms with Gasteiger partial charge in [-0.3, -0.25) is 4.79 Å². The molecule has 0 aliphatic carbocycles. The average Bonchev–Trinajstić information content (AvgIpc) is 2.73. The van der Waals surface area contributed by atoms with Crippen LogP contribution in [-0.2, 0) is 12.8 Å². The number of benzene rings is 3. The molecule has 0 N–H and O–H groups in total. The number of carbonyl (C=O) groups excluding carboxylic acids is 1. The molecule has 0 fully saturated rings. The van der Waals surface area contributed by atoms with Crippen LogP contribution in [0.1, 0.15) is 65.7 Å². The van der Waals surface area contributed by atoms with Crippen molar-refractivity contribution in [3.63, 3.8) is 0 Å². The zero-order valence-electron chi connectivity index (χ0n) is 17.2. The second-order valence-corrected chi connectivity index (χ2v) is 8.17. The summed E-state index contributed by atoms with van der Waals surface area (Å²) in [6.07, 6.45) is 3.27. The van der Waals surface area contributed by atoms with Gasteiger partial charge in [0.05, 0.1) is 0 Å². The normalized spacial score (nSPS) is 12.1. The molecule has 144 valence electrons. The Hall–Kier alpha value is -2.67. The number of rotatable bonds is 8. The predicted octanol–water partition coefficient (Wildman–Crippen LogP) is 6.85. The Morgan fingerprint density at radius 1 is 0.750 bits per heavy atom. The predicted molar refractivity (Wildman–Crippen MR) is 118 cm³/mol. The van der Waals surface area contributed by atoms with Crippen molar-refractivity contribution in [1.29, 1.82) is 0 Å². The van der Waals surface area contributed by atoms with Gasteiger partial charge in [0.25, 0.3) is 0 Å². The van der Waals surface area contributed by atoms with E-state index in [2.05, 4.69) is 57.2 Å². The van der Waals surface area contributed by atoms with E-state index in [-0.39, 0.29) is 5.78 Å². The summed E-state index contributed by atoms with van der Waals surface area (Å²) in [6, 6.07) is 26.7. The number of hydrogen-bond donors (Lipinski definition) is 0. The van der Waals surface area contributed by atoms with Crippen LogP contribution in [0.25, 0.3) is 0 Å². The van der Waals surface area contributed by atoms with Crippen LogP contribution in [0.5, 0.6) is 0 Å². The molecule has 1 heteroatoms. The number of carbonyl (C=O) groups is 1. The summed E-state index contributed by atoms with van der Waals surface area (Å²) in [5, 5.41) is 0. The van der Waals surface area contributed by atoms with Crippen LogP contribution < -0.4 is 0 Å². The van der Waals surface area contributed by atoms with E-state index >= 15 is 0 Å². The average molecular weight is 371 g/mol. The van der Waals surface area contributed by atoms with Crippen LogP contribution in [0.4, 0.5) is 0 Å². The molecule has 3 aromatic carbocycles. The van der Waals surface area contributed by atoms with Gasteiger partial charge in [-0.1, -0.05) is 93.6 Å². The molecule has 0 aliphatic heterocycles. The molecule has 28 heavy (non-hydrogen) atoms. The van der Waals surface area contributed by atoms with Crippen molar-refractivity contribution in [2.75, 3.05) is 0 Å². The monoisotopic (exact) mass is 370 g/mol. The van der Waals surface area contributed by atoms with Gasteiger partial charge in [-0.15, -0.1) is 0 Å². The number of ketones is 1. The Balaban J connectivity index is 1.63. The van der Waals surface area contributed by atoms with Gasteiger partial charge in [-0.25, -0.2) is 0 Å². The first-order chi connectivity index (χ1) is 13.5. The maximum absolute atomic E-state index is 12.7. The van der Waals surface area contributed by atoms with Crippen molar-refractivity contribution >= 4 is 5.78 Å². The highest BCUT2D eigenvalue weighted by Gasteiger charge is 2.12. The molecular formula is C27H30O. The van der Waals surface area contributed by atoms with E-state index in [1.165, 1.54) is 16.7 Å². The van der Waals surface area contributed by atoms with E-state index in [0.29, 0.717) is 11.8 Å². The highest BCUT2D eigenvalue weighted by molar-refractivity contribution is 6.09. The molecule has 0 spiro atoms. The molecule has 0 aromatic heterocycles.